The molecule has 7 heteroatoms. The molecule has 0 radical (unpaired) electrons. The number of thiophene rings is 1. The van der Waals surface area contributed by atoms with E-state index in [0.717, 1.165) is 61.9 Å². The zero-order valence-electron chi connectivity index (χ0n) is 41.2. The number of aromatic nitrogens is 1. The molecule has 3 aromatic heterocycles. The molecule has 3 aliphatic rings. The second-order valence-electron chi connectivity index (χ2n) is 23.8. The molecule has 68 heavy (non-hydrogen) atoms. The Balaban J connectivity index is 1.21. The number of furan rings is 1. The molecule has 0 amide bonds. The molecular formula is C61H55BN4OS. The van der Waals surface area contributed by atoms with Gasteiger partial charge >= 0.3 is 0 Å². The monoisotopic (exact) mass is 902 g/mol. The van der Waals surface area contributed by atoms with Crippen LogP contribution in [0.3, 0.4) is 0 Å². The molecule has 10 aromatic rings. The number of benzene rings is 7. The lowest BCUT2D eigenvalue weighted by Crippen LogP contribution is -2.61. The topological polar surface area (TPSA) is 48.3 Å². The highest BCUT2D eigenvalue weighted by Gasteiger charge is 2.50. The van der Waals surface area contributed by atoms with E-state index in [0.29, 0.717) is 5.56 Å². The van der Waals surface area contributed by atoms with Crippen LogP contribution in [0.2, 0.25) is 0 Å². The van der Waals surface area contributed by atoms with Crippen molar-refractivity contribution in [2.75, 3.05) is 9.80 Å². The maximum absolute atomic E-state index is 11.2. The van der Waals surface area contributed by atoms with Crippen molar-refractivity contribution in [3.8, 4) is 11.8 Å². The first-order chi connectivity index (χ1) is 32.2. The maximum atomic E-state index is 11.2. The van der Waals surface area contributed by atoms with Crippen molar-refractivity contribution in [3.63, 3.8) is 0 Å². The highest BCUT2D eigenvalue weighted by Crippen LogP contribution is 2.55. The number of rotatable bonds is 1. The van der Waals surface area contributed by atoms with E-state index in [1.807, 2.05) is 11.3 Å². The minimum absolute atomic E-state index is 0.0243. The van der Waals surface area contributed by atoms with Crippen LogP contribution >= 0.6 is 11.3 Å². The molecule has 334 valence electrons. The fraction of sp³-hybridized carbons (Fsp3) is 0.262. The first-order valence-electron chi connectivity index (χ1n) is 24.2. The summed E-state index contributed by atoms with van der Waals surface area (Å²) in [4.78, 5) is 4.97. The zero-order chi connectivity index (χ0) is 47.3. The summed E-state index contributed by atoms with van der Waals surface area (Å²) in [6, 6.07) is 46.3. The van der Waals surface area contributed by atoms with Gasteiger partial charge in [-0.1, -0.05) is 126 Å². The highest BCUT2D eigenvalue weighted by atomic mass is 32.1. The van der Waals surface area contributed by atoms with Crippen molar-refractivity contribution in [3.05, 3.63) is 143 Å². The first kappa shape index (κ1) is 41.4. The van der Waals surface area contributed by atoms with E-state index in [1.165, 1.54) is 69.7 Å². The van der Waals surface area contributed by atoms with Gasteiger partial charge in [-0.25, -0.2) is 0 Å². The Labute approximate surface area is 403 Å². The summed E-state index contributed by atoms with van der Waals surface area (Å²) in [5.41, 5.74) is 19.5. The van der Waals surface area contributed by atoms with Gasteiger partial charge < -0.3 is 18.8 Å². The van der Waals surface area contributed by atoms with Crippen molar-refractivity contribution < 1.29 is 4.42 Å². The Morgan fingerprint density at radius 3 is 1.84 bits per heavy atom. The van der Waals surface area contributed by atoms with Gasteiger partial charge in [-0.05, 0) is 128 Å². The molecular weight excluding hydrogens is 848 g/mol. The van der Waals surface area contributed by atoms with E-state index in [-0.39, 0.29) is 28.4 Å². The molecule has 0 spiro atoms. The smallest absolute Gasteiger partial charge is 0.297 e. The van der Waals surface area contributed by atoms with E-state index in [4.69, 9.17) is 4.42 Å². The average Bonchev–Trinajstić information content (AvgIpc) is 3.96. The number of nitrogens with zero attached hydrogens (tertiary/aromatic N) is 4. The molecule has 5 nitrogen and oxygen atoms in total. The lowest BCUT2D eigenvalue weighted by atomic mass is 9.35. The van der Waals surface area contributed by atoms with Crippen LogP contribution in [-0.4, -0.2) is 11.3 Å². The first-order valence-corrected chi connectivity index (χ1v) is 25.0. The summed E-state index contributed by atoms with van der Waals surface area (Å²) in [6.07, 6.45) is 0. The molecule has 7 aromatic carbocycles. The summed E-state index contributed by atoms with van der Waals surface area (Å²) in [5, 5.41) is 17.3. The molecule has 0 N–H and O–H groups in total. The third-order valence-electron chi connectivity index (χ3n) is 15.3. The van der Waals surface area contributed by atoms with Crippen LogP contribution < -0.4 is 26.4 Å². The van der Waals surface area contributed by atoms with E-state index >= 15 is 0 Å². The number of fused-ring (bicyclic) bond motifs is 14. The van der Waals surface area contributed by atoms with Gasteiger partial charge in [0.15, 0.2) is 0 Å². The quantitative estimate of drug-likeness (QED) is 0.154. The Morgan fingerprint density at radius 1 is 0.515 bits per heavy atom. The predicted octanol–water partition coefficient (Wildman–Crippen LogP) is 15.4. The van der Waals surface area contributed by atoms with Crippen LogP contribution in [0.5, 0.6) is 0 Å². The molecule has 0 aliphatic carbocycles. The summed E-state index contributed by atoms with van der Waals surface area (Å²) >= 11 is 1.83. The number of hydrogen-bond donors (Lipinski definition) is 0. The predicted molar refractivity (Wildman–Crippen MR) is 291 cm³/mol. The number of nitriles is 1. The minimum Gasteiger partial charge on any atom is -0.468 e. The van der Waals surface area contributed by atoms with E-state index in [2.05, 4.69) is 219 Å². The second kappa shape index (κ2) is 13.3. The molecule has 0 atom stereocenters. The van der Waals surface area contributed by atoms with Gasteiger partial charge in [-0.2, -0.15) is 5.26 Å². The van der Waals surface area contributed by atoms with Crippen LogP contribution in [0.15, 0.2) is 120 Å². The van der Waals surface area contributed by atoms with Crippen molar-refractivity contribution >= 4 is 122 Å². The Bertz CT molecular complexity index is 3940. The summed E-state index contributed by atoms with van der Waals surface area (Å²) in [6.45, 7) is 27.5. The second-order valence-corrected chi connectivity index (χ2v) is 24.9. The van der Waals surface area contributed by atoms with E-state index in [1.54, 1.807) is 0 Å². The zero-order valence-corrected chi connectivity index (χ0v) is 42.0. The third-order valence-corrected chi connectivity index (χ3v) is 16.4. The fourth-order valence-electron chi connectivity index (χ4n) is 11.5. The minimum atomic E-state index is -0.262. The molecule has 0 saturated heterocycles. The van der Waals surface area contributed by atoms with Crippen LogP contribution in [0.4, 0.5) is 34.1 Å². The van der Waals surface area contributed by atoms with Crippen LogP contribution in [-0.2, 0) is 21.7 Å². The Kier molecular flexibility index (Phi) is 8.09. The van der Waals surface area contributed by atoms with Gasteiger partial charge in [0.05, 0.1) is 51.1 Å². The van der Waals surface area contributed by atoms with Crippen molar-refractivity contribution in [2.24, 2.45) is 0 Å². The van der Waals surface area contributed by atoms with Crippen molar-refractivity contribution in [2.45, 2.75) is 105 Å². The van der Waals surface area contributed by atoms with Gasteiger partial charge in [0.25, 0.3) is 6.71 Å². The van der Waals surface area contributed by atoms with E-state index in [9.17, 15) is 5.26 Å². The molecule has 0 saturated carbocycles. The molecule has 0 fully saturated rings. The van der Waals surface area contributed by atoms with Gasteiger partial charge in [0.1, 0.15) is 5.58 Å². The van der Waals surface area contributed by atoms with Crippen LogP contribution in [0.1, 0.15) is 111 Å². The van der Waals surface area contributed by atoms with Gasteiger partial charge in [0, 0.05) is 53.4 Å². The van der Waals surface area contributed by atoms with Crippen molar-refractivity contribution in [1.82, 2.24) is 4.57 Å². The molecule has 0 unspecified atom stereocenters. The molecule has 0 bridgehead atoms. The molecule has 6 heterocycles. The highest BCUT2D eigenvalue weighted by molar-refractivity contribution is 7.25. The van der Waals surface area contributed by atoms with Gasteiger partial charge in [0.2, 0.25) is 0 Å². The van der Waals surface area contributed by atoms with Crippen LogP contribution in [0, 0.1) is 11.3 Å². The number of hydrogen-bond acceptors (Lipinski definition) is 5. The maximum Gasteiger partial charge on any atom is 0.297 e. The Hall–Kier alpha value is -6.75. The summed E-state index contributed by atoms with van der Waals surface area (Å²) < 4.78 is 12.5. The standard InChI is InChI=1S/C61H55BN4OS/c1-58(2,3)34-17-21-45-41(25-34)42-27-36(60(7,8)9)29-48-54(42)65(45)49-30-37(61(10,11)12)28-44-56(49)66(48)47-24-33(32-63)23-46-53(47)62(44)57-55(43-26-35(59(4,5)6)18-22-50(43)67-57)64(46)38-19-20-40-39-15-13-14-16-51(39)68-52(40)31-38/h13-31H,1-12H3. The SMILES string of the molecule is CC(C)(C)c1cc2c3c(c1)-n1c4ccc(C(C)(C)C)cc4c4cc(C(C)(C)C)cc(c41)N3c1cc(C#N)cc3c1B2c1oc2ccc(C(C)(C)C)cc2c1N3c1ccc2c(c1)sc1ccccc12. The van der Waals surface area contributed by atoms with E-state index < -0.39 is 0 Å². The lowest BCUT2D eigenvalue weighted by molar-refractivity contribution is 0.589. The third kappa shape index (κ3) is 5.61. The largest absolute Gasteiger partial charge is 0.468 e. The molecule has 3 aliphatic heterocycles. The average molecular weight is 903 g/mol. The molecule has 13 rings (SSSR count). The van der Waals surface area contributed by atoms with Crippen molar-refractivity contribution in [1.29, 1.82) is 5.26 Å². The summed E-state index contributed by atoms with van der Waals surface area (Å²) in [7, 11) is 0. The summed E-state index contributed by atoms with van der Waals surface area (Å²) in [5.74, 6) is 0. The lowest BCUT2D eigenvalue weighted by Gasteiger charge is -2.45. The fourth-order valence-corrected chi connectivity index (χ4v) is 12.7. The van der Waals surface area contributed by atoms with Gasteiger partial charge in [-0.15, -0.1) is 11.3 Å². The Morgan fingerprint density at radius 2 is 1.13 bits per heavy atom. The number of anilines is 6. The van der Waals surface area contributed by atoms with Crippen LogP contribution in [0.25, 0.3) is 58.6 Å². The normalized spacial score (nSPS) is 14.4. The van der Waals surface area contributed by atoms with Gasteiger partial charge in [-0.3, -0.25) is 0 Å².